The van der Waals surface area contributed by atoms with Gasteiger partial charge in [-0.1, -0.05) is 0 Å². The smallest absolute Gasteiger partial charge is 0.158 e. The van der Waals surface area contributed by atoms with Crippen LogP contribution in [-0.4, -0.2) is 26.9 Å². The summed E-state index contributed by atoms with van der Waals surface area (Å²) in [5.41, 5.74) is 4.62. The zero-order valence-corrected chi connectivity index (χ0v) is 11.8. The molecule has 0 saturated carbocycles. The van der Waals surface area contributed by atoms with Crippen LogP contribution in [0.1, 0.15) is 17.1 Å². The number of anilines is 2. The zero-order valence-electron chi connectivity index (χ0n) is 11.8. The number of nitrogens with two attached hydrogens (primary N) is 1. The lowest BCUT2D eigenvalue weighted by Crippen LogP contribution is -2.12. The van der Waals surface area contributed by atoms with Gasteiger partial charge in [-0.3, -0.25) is 4.68 Å². The molecule has 0 unspecified atom stereocenters. The summed E-state index contributed by atoms with van der Waals surface area (Å²) in [5.74, 6) is 7.18. The second kappa shape index (κ2) is 6.31. The lowest BCUT2D eigenvalue weighted by molar-refractivity contribution is 0.178. The van der Waals surface area contributed by atoms with E-state index < -0.39 is 0 Å². The van der Waals surface area contributed by atoms with E-state index in [1.165, 1.54) is 0 Å². The van der Waals surface area contributed by atoms with Crippen molar-refractivity contribution >= 4 is 11.6 Å². The van der Waals surface area contributed by atoms with Crippen LogP contribution < -0.4 is 16.6 Å². The summed E-state index contributed by atoms with van der Waals surface area (Å²) >= 11 is 0. The molecule has 108 valence electrons. The molecule has 0 aromatic carbocycles. The molecular weight excluding hydrogens is 258 g/mol. The number of nitrogen functional groups attached to an aromatic ring is 1. The van der Waals surface area contributed by atoms with Gasteiger partial charge in [-0.25, -0.2) is 15.8 Å². The molecule has 0 saturated heterocycles. The maximum absolute atomic E-state index is 5.40. The summed E-state index contributed by atoms with van der Waals surface area (Å²) in [4.78, 5) is 8.54. The van der Waals surface area contributed by atoms with Crippen molar-refractivity contribution in [3.8, 4) is 0 Å². The van der Waals surface area contributed by atoms with Crippen LogP contribution in [0.4, 0.5) is 11.6 Å². The van der Waals surface area contributed by atoms with Crippen molar-refractivity contribution in [2.45, 2.75) is 20.1 Å². The SMILES string of the molecule is COCc1nc(NN)cc(NCc2cn(C)nc2C)n1. The van der Waals surface area contributed by atoms with Crippen molar-refractivity contribution in [2.24, 2.45) is 12.9 Å². The van der Waals surface area contributed by atoms with Crippen molar-refractivity contribution in [2.75, 3.05) is 17.9 Å². The second-order valence-electron chi connectivity index (χ2n) is 4.40. The molecule has 0 atom stereocenters. The van der Waals surface area contributed by atoms with E-state index in [0.29, 0.717) is 30.6 Å². The van der Waals surface area contributed by atoms with Crippen LogP contribution in [0.5, 0.6) is 0 Å². The fourth-order valence-corrected chi connectivity index (χ4v) is 1.86. The topological polar surface area (TPSA) is 103 Å². The highest BCUT2D eigenvalue weighted by atomic mass is 16.5. The van der Waals surface area contributed by atoms with Crippen LogP contribution in [0.25, 0.3) is 0 Å². The zero-order chi connectivity index (χ0) is 14.5. The molecule has 2 aromatic rings. The number of methoxy groups -OCH3 is 1. The number of hydrazine groups is 1. The van der Waals surface area contributed by atoms with Crippen molar-refractivity contribution in [1.82, 2.24) is 19.7 Å². The highest BCUT2D eigenvalue weighted by Crippen LogP contribution is 2.13. The van der Waals surface area contributed by atoms with Gasteiger partial charge in [0.05, 0.1) is 5.69 Å². The van der Waals surface area contributed by atoms with Crippen LogP contribution in [0.2, 0.25) is 0 Å². The minimum Gasteiger partial charge on any atom is -0.377 e. The van der Waals surface area contributed by atoms with Crippen molar-refractivity contribution in [1.29, 1.82) is 0 Å². The molecule has 4 N–H and O–H groups in total. The molecule has 0 aliphatic carbocycles. The van der Waals surface area contributed by atoms with E-state index in [-0.39, 0.29) is 0 Å². The third kappa shape index (κ3) is 3.43. The highest BCUT2D eigenvalue weighted by molar-refractivity contribution is 5.47. The molecule has 2 rings (SSSR count). The summed E-state index contributed by atoms with van der Waals surface area (Å²) in [6.07, 6.45) is 1.97. The van der Waals surface area contributed by atoms with Crippen molar-refractivity contribution in [3.05, 3.63) is 29.3 Å². The minimum atomic E-state index is 0.329. The fourth-order valence-electron chi connectivity index (χ4n) is 1.86. The Balaban J connectivity index is 2.12. The summed E-state index contributed by atoms with van der Waals surface area (Å²) in [5, 5.41) is 7.53. The third-order valence-corrected chi connectivity index (χ3v) is 2.77. The average molecular weight is 277 g/mol. The van der Waals surface area contributed by atoms with Crippen LogP contribution in [0.15, 0.2) is 12.3 Å². The molecule has 0 amide bonds. The van der Waals surface area contributed by atoms with E-state index in [1.807, 2.05) is 20.2 Å². The standard InChI is InChI=1S/C12H19N7O/c1-8-9(6-19(2)18-8)5-14-10-4-11(17-13)16-12(15-10)7-20-3/h4,6H,5,7,13H2,1-3H3,(H2,14,15,16,17). The Kier molecular flexibility index (Phi) is 4.49. The van der Waals surface area contributed by atoms with Crippen LogP contribution in [0.3, 0.4) is 0 Å². The normalized spacial score (nSPS) is 10.6. The number of hydrogen-bond acceptors (Lipinski definition) is 7. The lowest BCUT2D eigenvalue weighted by Gasteiger charge is -2.09. The monoisotopic (exact) mass is 277 g/mol. The van der Waals surface area contributed by atoms with Crippen LogP contribution in [-0.2, 0) is 24.9 Å². The lowest BCUT2D eigenvalue weighted by atomic mass is 10.2. The first-order valence-electron chi connectivity index (χ1n) is 6.19. The number of aryl methyl sites for hydroxylation is 2. The van der Waals surface area contributed by atoms with E-state index in [9.17, 15) is 0 Å². The molecule has 0 aliphatic heterocycles. The molecule has 2 heterocycles. The summed E-state index contributed by atoms with van der Waals surface area (Å²) in [6, 6.07) is 1.74. The van der Waals surface area contributed by atoms with Crippen LogP contribution in [0, 0.1) is 6.92 Å². The van der Waals surface area contributed by atoms with Gasteiger partial charge in [0.15, 0.2) is 5.82 Å². The fraction of sp³-hybridized carbons (Fsp3) is 0.417. The first-order valence-corrected chi connectivity index (χ1v) is 6.19. The predicted octanol–water partition coefficient (Wildman–Crippen LogP) is 0.563. The second-order valence-corrected chi connectivity index (χ2v) is 4.40. The predicted molar refractivity (Wildman–Crippen MR) is 75.8 cm³/mol. The number of nitrogens with zero attached hydrogens (tertiary/aromatic N) is 4. The number of ether oxygens (including phenoxy) is 1. The Morgan fingerprint density at radius 2 is 2.10 bits per heavy atom. The van der Waals surface area contributed by atoms with E-state index in [1.54, 1.807) is 17.9 Å². The van der Waals surface area contributed by atoms with Crippen molar-refractivity contribution < 1.29 is 4.74 Å². The van der Waals surface area contributed by atoms with Gasteiger partial charge >= 0.3 is 0 Å². The van der Waals surface area contributed by atoms with E-state index in [2.05, 4.69) is 25.8 Å². The molecule has 0 radical (unpaired) electrons. The van der Waals surface area contributed by atoms with E-state index in [4.69, 9.17) is 10.6 Å². The van der Waals surface area contributed by atoms with Crippen molar-refractivity contribution in [3.63, 3.8) is 0 Å². The van der Waals surface area contributed by atoms with E-state index >= 15 is 0 Å². The Labute approximate surface area is 117 Å². The number of aromatic nitrogens is 4. The van der Waals surface area contributed by atoms with E-state index in [0.717, 1.165) is 11.3 Å². The average Bonchev–Trinajstić information content (AvgIpc) is 2.75. The quantitative estimate of drug-likeness (QED) is 0.523. The Hall–Kier alpha value is -2.19. The number of nitrogens with one attached hydrogen (secondary N) is 2. The summed E-state index contributed by atoms with van der Waals surface area (Å²) in [6.45, 7) is 2.93. The summed E-state index contributed by atoms with van der Waals surface area (Å²) in [7, 11) is 3.49. The Morgan fingerprint density at radius 1 is 1.35 bits per heavy atom. The molecule has 2 aromatic heterocycles. The maximum atomic E-state index is 5.40. The van der Waals surface area contributed by atoms with Gasteiger partial charge < -0.3 is 15.5 Å². The molecule has 0 spiro atoms. The minimum absolute atomic E-state index is 0.329. The third-order valence-electron chi connectivity index (χ3n) is 2.77. The Morgan fingerprint density at radius 3 is 2.70 bits per heavy atom. The summed E-state index contributed by atoms with van der Waals surface area (Å²) < 4.78 is 6.82. The van der Waals surface area contributed by atoms with Gasteiger partial charge in [0, 0.05) is 38.5 Å². The molecule has 8 nitrogen and oxygen atoms in total. The first kappa shape index (κ1) is 14.2. The Bertz CT molecular complexity index is 581. The van der Waals surface area contributed by atoms with Gasteiger partial charge in [0.25, 0.3) is 0 Å². The first-order chi connectivity index (χ1) is 9.62. The van der Waals surface area contributed by atoms with Crippen LogP contribution >= 0.6 is 0 Å². The van der Waals surface area contributed by atoms with Gasteiger partial charge in [-0.15, -0.1) is 0 Å². The molecular formula is C12H19N7O. The van der Waals surface area contributed by atoms with Gasteiger partial charge in [-0.05, 0) is 6.92 Å². The van der Waals surface area contributed by atoms with Gasteiger partial charge in [0.2, 0.25) is 0 Å². The van der Waals surface area contributed by atoms with Gasteiger partial charge in [0.1, 0.15) is 18.2 Å². The number of hydrogen-bond donors (Lipinski definition) is 3. The number of rotatable bonds is 6. The molecule has 8 heteroatoms. The molecule has 0 fully saturated rings. The largest absolute Gasteiger partial charge is 0.377 e. The maximum Gasteiger partial charge on any atom is 0.158 e. The van der Waals surface area contributed by atoms with Gasteiger partial charge in [-0.2, -0.15) is 5.10 Å². The molecule has 0 bridgehead atoms. The molecule has 20 heavy (non-hydrogen) atoms. The molecule has 0 aliphatic rings. The highest BCUT2D eigenvalue weighted by Gasteiger charge is 2.06.